The first-order chi connectivity index (χ1) is 14.3. The van der Waals surface area contributed by atoms with Gasteiger partial charge >= 0.3 is 0 Å². The third-order valence-corrected chi connectivity index (χ3v) is 8.05. The lowest BCUT2D eigenvalue weighted by Gasteiger charge is -2.33. The summed E-state index contributed by atoms with van der Waals surface area (Å²) in [5.74, 6) is 0.577. The molecule has 0 bridgehead atoms. The van der Waals surface area contributed by atoms with E-state index in [4.69, 9.17) is 4.99 Å². The first-order valence-electron chi connectivity index (χ1n) is 10.4. The monoisotopic (exact) mass is 436 g/mol. The summed E-state index contributed by atoms with van der Waals surface area (Å²) in [5, 5.41) is 5.98. The molecule has 4 rings (SSSR count). The molecule has 0 saturated heterocycles. The normalized spacial score (nSPS) is 16.6. The van der Waals surface area contributed by atoms with Crippen LogP contribution in [0.4, 0.5) is 10.7 Å². The molecule has 5 heteroatoms. The number of amides is 1. The molecule has 0 spiro atoms. The first kappa shape index (κ1) is 21.0. The third kappa shape index (κ3) is 4.42. The number of carbonyl (C=O) groups is 1. The number of hydrogen-bond donors (Lipinski definition) is 1. The number of thiophene rings is 2. The van der Waals surface area contributed by atoms with Crippen molar-refractivity contribution in [2.24, 2.45) is 16.3 Å². The summed E-state index contributed by atoms with van der Waals surface area (Å²) >= 11 is 3.37. The molecule has 3 aromatic rings. The van der Waals surface area contributed by atoms with Crippen LogP contribution in [0.15, 0.2) is 46.8 Å². The van der Waals surface area contributed by atoms with Crippen molar-refractivity contribution in [2.75, 3.05) is 5.32 Å². The minimum Gasteiger partial charge on any atom is -0.322 e. The van der Waals surface area contributed by atoms with E-state index in [9.17, 15) is 4.79 Å². The summed E-state index contributed by atoms with van der Waals surface area (Å²) < 4.78 is 0. The summed E-state index contributed by atoms with van der Waals surface area (Å²) in [6.45, 7) is 9.04. The topological polar surface area (TPSA) is 41.5 Å². The van der Waals surface area contributed by atoms with E-state index in [-0.39, 0.29) is 11.3 Å². The smallest absolute Gasteiger partial charge is 0.259 e. The molecule has 0 saturated carbocycles. The SMILES string of the molecule is Cc1ccsc1C=Nc1sc2c(c1C(=O)Nc1ccccc1)CCC(C(C)(C)C)C2. The molecule has 1 amide bonds. The quantitative estimate of drug-likeness (QED) is 0.429. The van der Waals surface area contributed by atoms with Crippen LogP contribution in [0.25, 0.3) is 0 Å². The maximum Gasteiger partial charge on any atom is 0.259 e. The number of nitrogens with zero attached hydrogens (tertiary/aromatic N) is 1. The first-order valence-corrected chi connectivity index (χ1v) is 12.1. The molecule has 1 unspecified atom stereocenters. The fraction of sp³-hybridized carbons (Fsp3) is 0.360. The van der Waals surface area contributed by atoms with E-state index in [1.807, 2.05) is 36.5 Å². The Morgan fingerprint density at radius 3 is 2.63 bits per heavy atom. The van der Waals surface area contributed by atoms with Gasteiger partial charge in [0.15, 0.2) is 0 Å². The zero-order chi connectivity index (χ0) is 21.3. The van der Waals surface area contributed by atoms with E-state index in [0.29, 0.717) is 5.92 Å². The Morgan fingerprint density at radius 1 is 1.20 bits per heavy atom. The number of carbonyl (C=O) groups excluding carboxylic acids is 1. The molecule has 0 radical (unpaired) electrons. The van der Waals surface area contributed by atoms with E-state index < -0.39 is 0 Å². The van der Waals surface area contributed by atoms with Crippen molar-refractivity contribution in [1.82, 2.24) is 0 Å². The summed E-state index contributed by atoms with van der Waals surface area (Å²) in [5.41, 5.74) is 4.26. The minimum absolute atomic E-state index is 0.0528. The van der Waals surface area contributed by atoms with Crippen molar-refractivity contribution in [2.45, 2.75) is 47.0 Å². The Hall–Kier alpha value is -2.24. The maximum absolute atomic E-state index is 13.3. The van der Waals surface area contributed by atoms with E-state index in [0.717, 1.165) is 40.4 Å². The Bertz CT molecular complexity index is 1070. The summed E-state index contributed by atoms with van der Waals surface area (Å²) in [6, 6.07) is 11.8. The van der Waals surface area contributed by atoms with E-state index >= 15 is 0 Å². The summed E-state index contributed by atoms with van der Waals surface area (Å²) in [6.07, 6.45) is 5.01. The van der Waals surface area contributed by atoms with E-state index in [2.05, 4.69) is 44.5 Å². The molecular weight excluding hydrogens is 408 g/mol. The van der Waals surface area contributed by atoms with Crippen molar-refractivity contribution >= 4 is 45.5 Å². The van der Waals surface area contributed by atoms with Gasteiger partial charge < -0.3 is 5.32 Å². The molecule has 2 aromatic heterocycles. The van der Waals surface area contributed by atoms with Crippen LogP contribution in [0.5, 0.6) is 0 Å². The van der Waals surface area contributed by atoms with Crippen LogP contribution in [0.3, 0.4) is 0 Å². The van der Waals surface area contributed by atoms with Crippen LogP contribution in [0.1, 0.15) is 58.4 Å². The highest BCUT2D eigenvalue weighted by Crippen LogP contribution is 2.45. The number of aliphatic imine (C=N–C) groups is 1. The lowest BCUT2D eigenvalue weighted by atomic mass is 9.72. The number of rotatable bonds is 4. The molecular formula is C25H28N2OS2. The van der Waals surface area contributed by atoms with Gasteiger partial charge in [-0.3, -0.25) is 4.79 Å². The number of aryl methyl sites for hydroxylation is 1. The number of fused-ring (bicyclic) bond motifs is 1. The molecule has 1 aliphatic rings. The van der Waals surface area contributed by atoms with Gasteiger partial charge in [0, 0.05) is 21.7 Å². The van der Waals surface area contributed by atoms with Crippen LogP contribution in [-0.4, -0.2) is 12.1 Å². The lowest BCUT2D eigenvalue weighted by Crippen LogP contribution is -2.27. The van der Waals surface area contributed by atoms with E-state index in [1.165, 1.54) is 16.0 Å². The highest BCUT2D eigenvalue weighted by atomic mass is 32.1. The second-order valence-electron chi connectivity index (χ2n) is 9.04. The van der Waals surface area contributed by atoms with Crippen molar-refractivity contribution < 1.29 is 4.79 Å². The predicted octanol–water partition coefficient (Wildman–Crippen LogP) is 7.27. The average Bonchev–Trinajstić information content (AvgIpc) is 3.28. The Labute approximate surface area is 186 Å². The standard InChI is InChI=1S/C25H28N2OS2/c1-16-12-13-29-21(16)15-26-24-22(23(28)27-18-8-6-5-7-9-18)19-11-10-17(25(2,3)4)14-20(19)30-24/h5-9,12-13,15,17H,10-11,14H2,1-4H3,(H,27,28). The molecule has 1 aromatic carbocycles. The van der Waals surface area contributed by atoms with Gasteiger partial charge in [-0.25, -0.2) is 4.99 Å². The fourth-order valence-corrected chi connectivity index (χ4v) is 6.04. The zero-order valence-electron chi connectivity index (χ0n) is 18.0. The predicted molar refractivity (Wildman–Crippen MR) is 130 cm³/mol. The lowest BCUT2D eigenvalue weighted by molar-refractivity contribution is 0.102. The van der Waals surface area contributed by atoms with Gasteiger partial charge in [0.05, 0.1) is 5.56 Å². The van der Waals surface area contributed by atoms with Gasteiger partial charge in [0.25, 0.3) is 5.91 Å². The number of anilines is 1. The second kappa shape index (κ2) is 8.48. The van der Waals surface area contributed by atoms with Gasteiger partial charge in [-0.15, -0.1) is 22.7 Å². The summed E-state index contributed by atoms with van der Waals surface area (Å²) in [7, 11) is 0. The zero-order valence-corrected chi connectivity index (χ0v) is 19.6. The molecule has 30 heavy (non-hydrogen) atoms. The third-order valence-electron chi connectivity index (χ3n) is 5.93. The van der Waals surface area contributed by atoms with Gasteiger partial charge in [-0.2, -0.15) is 0 Å². The second-order valence-corrected chi connectivity index (χ2v) is 11.1. The largest absolute Gasteiger partial charge is 0.322 e. The van der Waals surface area contributed by atoms with Crippen molar-refractivity contribution in [3.05, 3.63) is 68.2 Å². The van der Waals surface area contributed by atoms with Crippen LogP contribution in [-0.2, 0) is 12.8 Å². The maximum atomic E-state index is 13.3. The number of benzene rings is 1. The van der Waals surface area contributed by atoms with Gasteiger partial charge in [-0.05, 0) is 72.2 Å². The molecule has 0 aliphatic heterocycles. The highest BCUT2D eigenvalue weighted by molar-refractivity contribution is 7.16. The molecule has 1 aliphatic carbocycles. The van der Waals surface area contributed by atoms with Crippen LogP contribution in [0, 0.1) is 18.3 Å². The number of hydrogen-bond acceptors (Lipinski definition) is 4. The average molecular weight is 437 g/mol. The number of nitrogens with one attached hydrogen (secondary N) is 1. The van der Waals surface area contributed by atoms with Gasteiger partial charge in [0.2, 0.25) is 0 Å². The van der Waals surface area contributed by atoms with Crippen molar-refractivity contribution in [1.29, 1.82) is 0 Å². The number of para-hydroxylation sites is 1. The van der Waals surface area contributed by atoms with Gasteiger partial charge in [-0.1, -0.05) is 39.0 Å². The molecule has 3 nitrogen and oxygen atoms in total. The summed E-state index contributed by atoms with van der Waals surface area (Å²) in [4.78, 5) is 20.6. The minimum atomic E-state index is -0.0528. The molecule has 1 N–H and O–H groups in total. The van der Waals surface area contributed by atoms with Crippen LogP contribution < -0.4 is 5.32 Å². The molecule has 2 heterocycles. The van der Waals surface area contributed by atoms with Crippen molar-refractivity contribution in [3.63, 3.8) is 0 Å². The van der Waals surface area contributed by atoms with Crippen LogP contribution >= 0.6 is 22.7 Å². The Balaban J connectivity index is 1.71. The molecule has 0 fully saturated rings. The molecule has 156 valence electrons. The van der Waals surface area contributed by atoms with Crippen molar-refractivity contribution in [3.8, 4) is 0 Å². The Morgan fingerprint density at radius 2 is 1.97 bits per heavy atom. The Kier molecular flexibility index (Phi) is 5.94. The fourth-order valence-electron chi connectivity index (χ4n) is 3.98. The van der Waals surface area contributed by atoms with Gasteiger partial charge in [0.1, 0.15) is 5.00 Å². The van der Waals surface area contributed by atoms with E-state index in [1.54, 1.807) is 22.7 Å². The van der Waals surface area contributed by atoms with Crippen LogP contribution in [0.2, 0.25) is 0 Å². The molecule has 1 atom stereocenters. The highest BCUT2D eigenvalue weighted by Gasteiger charge is 2.33.